The van der Waals surface area contributed by atoms with E-state index in [1.54, 1.807) is 0 Å². The number of rotatable bonds is 1. The molecule has 2 aliphatic rings. The summed E-state index contributed by atoms with van der Waals surface area (Å²) in [5, 5.41) is 10.3. The van der Waals surface area contributed by atoms with Crippen molar-refractivity contribution < 1.29 is 9.31 Å². The second-order valence-corrected chi connectivity index (χ2v) is 2.51. The van der Waals surface area contributed by atoms with Gasteiger partial charge < -0.3 is 0 Å². The fourth-order valence-corrected chi connectivity index (χ4v) is 1.32. The molecule has 0 spiro atoms. The first-order chi connectivity index (χ1) is 5.18. The van der Waals surface area contributed by atoms with Gasteiger partial charge in [-0.2, -0.15) is 0 Å². The predicted octanol–water partition coefficient (Wildman–Crippen LogP) is 1.64. The maximum atomic E-state index is 12.4. The van der Waals surface area contributed by atoms with Crippen molar-refractivity contribution in [2.75, 3.05) is 0 Å². The molecule has 2 aliphatic carbocycles. The average Bonchev–Trinajstić information content (AvgIpc) is 1.84. The molecule has 0 heterocycles. The lowest BCUT2D eigenvalue weighted by Crippen LogP contribution is -2.10. The lowest BCUT2D eigenvalue weighted by Gasteiger charge is -2.15. The maximum Gasteiger partial charge on any atom is 0.276 e. The minimum Gasteiger partial charge on any atom is -0.258 e. The van der Waals surface area contributed by atoms with E-state index in [9.17, 15) is 14.5 Å². The molecule has 0 radical (unpaired) electrons. The Morgan fingerprint density at radius 2 is 2.00 bits per heavy atom. The maximum absolute atomic E-state index is 12.4. The normalized spacial score (nSPS) is 12.5. The number of nitro benzene ring substituents is 1. The van der Waals surface area contributed by atoms with Crippen molar-refractivity contribution in [3.8, 4) is 0 Å². The van der Waals surface area contributed by atoms with Gasteiger partial charge in [-0.05, 0) is 12.1 Å². The lowest BCUT2D eigenvalue weighted by molar-refractivity contribution is -0.388. The number of halogens is 1. The van der Waals surface area contributed by atoms with E-state index in [0.717, 1.165) is 0 Å². The molecule has 0 saturated heterocycles. The van der Waals surface area contributed by atoms with Crippen LogP contribution in [-0.2, 0) is 6.42 Å². The van der Waals surface area contributed by atoms with Crippen molar-refractivity contribution in [2.24, 2.45) is 0 Å². The van der Waals surface area contributed by atoms with Crippen LogP contribution in [0.1, 0.15) is 11.1 Å². The van der Waals surface area contributed by atoms with Crippen LogP contribution in [0.5, 0.6) is 0 Å². The number of nitrogens with zero attached hydrogens (tertiary/aromatic N) is 1. The summed E-state index contributed by atoms with van der Waals surface area (Å²) >= 11 is 0. The monoisotopic (exact) mass is 153 g/mol. The average molecular weight is 153 g/mol. The van der Waals surface area contributed by atoms with E-state index in [0.29, 0.717) is 17.5 Å². The summed E-state index contributed by atoms with van der Waals surface area (Å²) in [5.41, 5.74) is 1.10. The Morgan fingerprint density at radius 1 is 1.45 bits per heavy atom. The minimum absolute atomic E-state index is 0.0893. The summed E-state index contributed by atoms with van der Waals surface area (Å²) in [4.78, 5) is 9.79. The van der Waals surface area contributed by atoms with Crippen molar-refractivity contribution in [3.63, 3.8) is 0 Å². The first-order valence-electron chi connectivity index (χ1n) is 3.14. The molecule has 0 aromatic heterocycles. The molecular weight excluding hydrogens is 149 g/mol. The van der Waals surface area contributed by atoms with Crippen molar-refractivity contribution >= 4 is 5.69 Å². The molecule has 0 fully saturated rings. The molecule has 0 amide bonds. The van der Waals surface area contributed by atoms with Crippen LogP contribution in [0.3, 0.4) is 0 Å². The first kappa shape index (κ1) is 6.27. The molecule has 4 heteroatoms. The molecule has 1 aromatic carbocycles. The highest BCUT2D eigenvalue weighted by molar-refractivity contribution is 5.59. The van der Waals surface area contributed by atoms with Crippen molar-refractivity contribution in [2.45, 2.75) is 6.42 Å². The summed E-state index contributed by atoms with van der Waals surface area (Å²) in [6, 6.07) is 2.43. The smallest absolute Gasteiger partial charge is 0.258 e. The SMILES string of the molecule is O=[N+]([O-])c1c2cc(F)cc1C2. The van der Waals surface area contributed by atoms with Crippen LogP contribution in [0.15, 0.2) is 12.1 Å². The number of fused-ring (bicyclic) bond motifs is 2. The third-order valence-corrected chi connectivity index (χ3v) is 1.80. The van der Waals surface area contributed by atoms with Gasteiger partial charge in [0.1, 0.15) is 5.82 Å². The van der Waals surface area contributed by atoms with E-state index in [2.05, 4.69) is 0 Å². The van der Waals surface area contributed by atoms with E-state index >= 15 is 0 Å². The topological polar surface area (TPSA) is 43.1 Å². The lowest BCUT2D eigenvalue weighted by atomic mass is 9.89. The largest absolute Gasteiger partial charge is 0.276 e. The van der Waals surface area contributed by atoms with Crippen molar-refractivity contribution in [1.82, 2.24) is 0 Å². The Morgan fingerprint density at radius 3 is 2.45 bits per heavy atom. The van der Waals surface area contributed by atoms with Gasteiger partial charge in [0.2, 0.25) is 0 Å². The van der Waals surface area contributed by atoms with E-state index in [1.807, 2.05) is 0 Å². The van der Waals surface area contributed by atoms with Crippen LogP contribution >= 0.6 is 0 Å². The molecular formula is C7H4FNO2. The van der Waals surface area contributed by atoms with Crippen LogP contribution < -0.4 is 0 Å². The van der Waals surface area contributed by atoms with Crippen LogP contribution in [0.4, 0.5) is 10.1 Å². The number of benzene rings is 1. The van der Waals surface area contributed by atoms with Gasteiger partial charge in [0.15, 0.2) is 0 Å². The molecule has 56 valence electrons. The molecule has 0 aliphatic heterocycles. The number of hydrogen-bond acceptors (Lipinski definition) is 2. The van der Waals surface area contributed by atoms with E-state index < -0.39 is 4.92 Å². The van der Waals surface area contributed by atoms with Gasteiger partial charge in [-0.3, -0.25) is 10.1 Å². The Balaban J connectivity index is 2.59. The van der Waals surface area contributed by atoms with E-state index in [-0.39, 0.29) is 11.5 Å². The summed E-state index contributed by atoms with van der Waals surface area (Å²) in [7, 11) is 0. The number of nitro groups is 1. The highest BCUT2D eigenvalue weighted by Crippen LogP contribution is 2.37. The second kappa shape index (κ2) is 1.78. The Hall–Kier alpha value is -1.45. The zero-order valence-corrected chi connectivity index (χ0v) is 5.50. The van der Waals surface area contributed by atoms with Gasteiger partial charge in [0.25, 0.3) is 5.69 Å². The third-order valence-electron chi connectivity index (χ3n) is 1.80. The van der Waals surface area contributed by atoms with Crippen molar-refractivity contribution in [3.05, 3.63) is 39.2 Å². The molecule has 3 nitrogen and oxygen atoms in total. The zero-order chi connectivity index (χ0) is 8.01. The van der Waals surface area contributed by atoms with Crippen LogP contribution in [0, 0.1) is 15.9 Å². The van der Waals surface area contributed by atoms with Gasteiger partial charge in [0.05, 0.1) is 4.92 Å². The molecule has 1 aromatic rings. The molecule has 2 bridgehead atoms. The number of hydrogen-bond donors (Lipinski definition) is 0. The van der Waals surface area contributed by atoms with Gasteiger partial charge in [-0.25, -0.2) is 4.39 Å². The zero-order valence-electron chi connectivity index (χ0n) is 5.50. The standard InChI is InChI=1S/C7H4FNO2/c8-6-2-4-1-5(3-6)7(4)9(10)11/h2-3H,1H2. The van der Waals surface area contributed by atoms with Crippen LogP contribution in [-0.4, -0.2) is 4.92 Å². The molecule has 0 saturated carbocycles. The van der Waals surface area contributed by atoms with E-state index in [1.165, 1.54) is 12.1 Å². The summed E-state index contributed by atoms with van der Waals surface area (Å²) in [6.07, 6.45) is 0.545. The summed E-state index contributed by atoms with van der Waals surface area (Å²) in [6.45, 7) is 0. The summed E-state index contributed by atoms with van der Waals surface area (Å²) < 4.78 is 12.4. The van der Waals surface area contributed by atoms with Crippen LogP contribution in [0.2, 0.25) is 0 Å². The van der Waals surface area contributed by atoms with Gasteiger partial charge in [-0.15, -0.1) is 0 Å². The third kappa shape index (κ3) is 0.721. The molecule has 0 unspecified atom stereocenters. The fraction of sp³-hybridized carbons (Fsp3) is 0.143. The Kier molecular flexibility index (Phi) is 1.01. The first-order valence-corrected chi connectivity index (χ1v) is 3.14. The highest BCUT2D eigenvalue weighted by Gasteiger charge is 2.30. The molecule has 3 rings (SSSR count). The Bertz CT molecular complexity index is 325. The highest BCUT2D eigenvalue weighted by atomic mass is 19.1. The molecule has 0 atom stereocenters. The Labute approximate surface area is 61.6 Å². The summed E-state index contributed by atoms with van der Waals surface area (Å²) in [5.74, 6) is -0.383. The van der Waals surface area contributed by atoms with Gasteiger partial charge in [0, 0.05) is 17.5 Å². The second-order valence-electron chi connectivity index (χ2n) is 2.51. The quantitative estimate of drug-likeness (QED) is 0.461. The van der Waals surface area contributed by atoms with E-state index in [4.69, 9.17) is 0 Å². The van der Waals surface area contributed by atoms with Gasteiger partial charge in [-0.1, -0.05) is 0 Å². The molecule has 11 heavy (non-hydrogen) atoms. The molecule has 0 N–H and O–H groups in total. The van der Waals surface area contributed by atoms with Gasteiger partial charge >= 0.3 is 0 Å². The van der Waals surface area contributed by atoms with Crippen molar-refractivity contribution in [1.29, 1.82) is 0 Å². The minimum atomic E-state index is -0.465. The predicted molar refractivity (Wildman–Crippen MR) is 35.9 cm³/mol. The van der Waals surface area contributed by atoms with Crippen LogP contribution in [0.25, 0.3) is 0 Å². The fourth-order valence-electron chi connectivity index (χ4n) is 1.32.